The molecular formula is C17H16BFN2O3. The van der Waals surface area contributed by atoms with Crippen molar-refractivity contribution in [3.63, 3.8) is 0 Å². The predicted molar refractivity (Wildman–Crippen MR) is 88.1 cm³/mol. The van der Waals surface area contributed by atoms with Gasteiger partial charge in [-0.05, 0) is 29.2 Å². The molecule has 1 aliphatic carbocycles. The summed E-state index contributed by atoms with van der Waals surface area (Å²) in [6.45, 7) is 0. The van der Waals surface area contributed by atoms with E-state index in [1.807, 2.05) is 6.07 Å². The zero-order valence-corrected chi connectivity index (χ0v) is 12.8. The van der Waals surface area contributed by atoms with Crippen LogP contribution in [0.25, 0.3) is 10.9 Å². The van der Waals surface area contributed by atoms with Crippen molar-refractivity contribution in [3.8, 4) is 0 Å². The Morgan fingerprint density at radius 2 is 1.83 bits per heavy atom. The van der Waals surface area contributed by atoms with E-state index in [2.05, 4.69) is 5.10 Å². The van der Waals surface area contributed by atoms with Crippen molar-refractivity contribution in [1.29, 1.82) is 0 Å². The van der Waals surface area contributed by atoms with Gasteiger partial charge in [0.2, 0.25) is 0 Å². The molecule has 0 spiro atoms. The number of aliphatic hydroxyl groups is 1. The highest BCUT2D eigenvalue weighted by Crippen LogP contribution is 2.48. The zero-order chi connectivity index (χ0) is 16.9. The number of fused-ring (bicyclic) bond motifs is 1. The molecule has 24 heavy (non-hydrogen) atoms. The molecule has 7 heteroatoms. The largest absolute Gasteiger partial charge is 0.489 e. The van der Waals surface area contributed by atoms with E-state index in [1.165, 1.54) is 12.1 Å². The summed E-state index contributed by atoms with van der Waals surface area (Å²) in [4.78, 5) is 0. The first-order chi connectivity index (χ1) is 11.5. The molecule has 0 radical (unpaired) electrons. The number of nitrogens with zero attached hydrogens (tertiary/aromatic N) is 2. The topological polar surface area (TPSA) is 78.5 Å². The van der Waals surface area contributed by atoms with Crippen LogP contribution in [0.2, 0.25) is 0 Å². The molecule has 1 aliphatic rings. The summed E-state index contributed by atoms with van der Waals surface area (Å²) in [5.74, 6) is -0.327. The van der Waals surface area contributed by atoms with E-state index in [4.69, 9.17) is 0 Å². The smallest absolute Gasteiger partial charge is 0.423 e. The number of aromatic nitrogens is 2. The van der Waals surface area contributed by atoms with Crippen molar-refractivity contribution in [2.45, 2.75) is 24.5 Å². The molecule has 0 amide bonds. The van der Waals surface area contributed by atoms with Crippen LogP contribution in [0.1, 0.15) is 24.4 Å². The number of rotatable bonds is 3. The molecule has 1 saturated carbocycles. The van der Waals surface area contributed by atoms with E-state index >= 15 is 0 Å². The van der Waals surface area contributed by atoms with Crippen molar-refractivity contribution in [3.05, 3.63) is 60.0 Å². The average molecular weight is 326 g/mol. The third-order valence-corrected chi connectivity index (χ3v) is 4.78. The number of benzene rings is 2. The van der Waals surface area contributed by atoms with Gasteiger partial charge in [-0.15, -0.1) is 0 Å². The minimum Gasteiger partial charge on any atom is -0.423 e. The van der Waals surface area contributed by atoms with Gasteiger partial charge in [0.25, 0.3) is 0 Å². The highest BCUT2D eigenvalue weighted by molar-refractivity contribution is 6.61. The van der Waals surface area contributed by atoms with Crippen LogP contribution in [-0.2, 0) is 5.60 Å². The number of hydrogen-bond acceptors (Lipinski definition) is 4. The molecule has 4 rings (SSSR count). The second-order valence-corrected chi connectivity index (χ2v) is 6.36. The van der Waals surface area contributed by atoms with E-state index < -0.39 is 12.7 Å². The Kier molecular flexibility index (Phi) is 3.45. The maximum absolute atomic E-state index is 13.0. The normalized spacial score (nSPS) is 23.2. The monoisotopic (exact) mass is 326 g/mol. The molecule has 2 aromatic carbocycles. The molecule has 1 aromatic heterocycles. The van der Waals surface area contributed by atoms with Gasteiger partial charge in [-0.3, -0.25) is 4.68 Å². The summed E-state index contributed by atoms with van der Waals surface area (Å²) < 4.78 is 14.8. The van der Waals surface area contributed by atoms with Crippen molar-refractivity contribution in [2.75, 3.05) is 0 Å². The van der Waals surface area contributed by atoms with E-state index in [9.17, 15) is 19.5 Å². The summed E-state index contributed by atoms with van der Waals surface area (Å²) in [5.41, 5.74) is 0.809. The van der Waals surface area contributed by atoms with Crippen LogP contribution < -0.4 is 5.46 Å². The first-order valence-corrected chi connectivity index (χ1v) is 7.79. The van der Waals surface area contributed by atoms with Crippen LogP contribution in [0.15, 0.2) is 48.7 Å². The van der Waals surface area contributed by atoms with E-state index in [-0.39, 0.29) is 11.9 Å². The summed E-state index contributed by atoms with van der Waals surface area (Å²) in [7, 11) is -1.55. The second kappa shape index (κ2) is 5.41. The molecule has 1 fully saturated rings. The van der Waals surface area contributed by atoms with Crippen molar-refractivity contribution in [2.24, 2.45) is 0 Å². The summed E-state index contributed by atoms with van der Waals surface area (Å²) in [6.07, 6.45) is 2.73. The molecule has 5 nitrogen and oxygen atoms in total. The van der Waals surface area contributed by atoms with Gasteiger partial charge in [0.1, 0.15) is 5.82 Å². The maximum atomic E-state index is 13.0. The Balaban J connectivity index is 1.60. The summed E-state index contributed by atoms with van der Waals surface area (Å²) in [6, 6.07) is 11.1. The first-order valence-electron chi connectivity index (χ1n) is 7.79. The molecule has 0 atom stereocenters. The fourth-order valence-corrected chi connectivity index (χ4v) is 3.40. The van der Waals surface area contributed by atoms with Gasteiger partial charge < -0.3 is 15.2 Å². The van der Waals surface area contributed by atoms with Crippen LogP contribution in [0.5, 0.6) is 0 Å². The average Bonchev–Trinajstić information content (AvgIpc) is 2.95. The minimum absolute atomic E-state index is 0.0103. The highest BCUT2D eigenvalue weighted by Gasteiger charge is 2.45. The van der Waals surface area contributed by atoms with Gasteiger partial charge in [-0.2, -0.15) is 5.10 Å². The van der Waals surface area contributed by atoms with Crippen molar-refractivity contribution in [1.82, 2.24) is 9.78 Å². The fraction of sp³-hybridized carbons (Fsp3) is 0.235. The Morgan fingerprint density at radius 3 is 2.50 bits per heavy atom. The molecule has 3 aromatic rings. The van der Waals surface area contributed by atoms with Gasteiger partial charge in [-0.25, -0.2) is 4.39 Å². The molecule has 0 bridgehead atoms. The van der Waals surface area contributed by atoms with E-state index in [0.29, 0.717) is 34.8 Å². The molecular weight excluding hydrogens is 310 g/mol. The number of halogens is 1. The molecule has 122 valence electrons. The van der Waals surface area contributed by atoms with Gasteiger partial charge >= 0.3 is 7.12 Å². The lowest BCUT2D eigenvalue weighted by molar-refractivity contribution is -0.0767. The first kappa shape index (κ1) is 15.3. The Labute approximate surface area is 138 Å². The highest BCUT2D eigenvalue weighted by atomic mass is 19.1. The predicted octanol–water partition coefficient (Wildman–Crippen LogP) is 1.08. The van der Waals surface area contributed by atoms with Crippen LogP contribution in [0.3, 0.4) is 0 Å². The van der Waals surface area contributed by atoms with Gasteiger partial charge in [-0.1, -0.05) is 24.3 Å². The molecule has 1 heterocycles. The van der Waals surface area contributed by atoms with Crippen LogP contribution in [-0.4, -0.2) is 32.1 Å². The quantitative estimate of drug-likeness (QED) is 0.630. The standard InChI is InChI=1S/C17H16BFN2O3/c19-12-6-4-11(5-7-12)17(22)8-13(9-17)21-10-14-15(18(23)24)2-1-3-16(14)20-21/h1-7,10,13,22-24H,8-9H2. The summed E-state index contributed by atoms with van der Waals surface area (Å²) in [5, 5.41) is 34.7. The van der Waals surface area contributed by atoms with E-state index in [0.717, 1.165) is 0 Å². The lowest BCUT2D eigenvalue weighted by Gasteiger charge is -2.44. The zero-order valence-electron chi connectivity index (χ0n) is 12.8. The molecule has 0 saturated heterocycles. The maximum Gasteiger partial charge on any atom is 0.489 e. The Hall–Kier alpha value is -2.22. The summed E-state index contributed by atoms with van der Waals surface area (Å²) >= 11 is 0. The van der Waals surface area contributed by atoms with Crippen LogP contribution >= 0.6 is 0 Å². The Bertz CT molecular complexity index is 888. The molecule has 0 unspecified atom stereocenters. The van der Waals surface area contributed by atoms with Gasteiger partial charge in [0, 0.05) is 24.4 Å². The lowest BCUT2D eigenvalue weighted by atomic mass is 9.71. The number of hydrogen-bond donors (Lipinski definition) is 3. The van der Waals surface area contributed by atoms with Crippen LogP contribution in [0, 0.1) is 5.82 Å². The lowest BCUT2D eigenvalue weighted by Crippen LogP contribution is -2.42. The SMILES string of the molecule is OB(O)c1cccc2nn(C3CC(O)(c4ccc(F)cc4)C3)cc12. The van der Waals surface area contributed by atoms with E-state index in [1.54, 1.807) is 35.1 Å². The Morgan fingerprint density at radius 1 is 1.12 bits per heavy atom. The van der Waals surface area contributed by atoms with Crippen LogP contribution in [0.4, 0.5) is 4.39 Å². The fourth-order valence-electron chi connectivity index (χ4n) is 3.40. The van der Waals surface area contributed by atoms with Gasteiger partial charge in [0.05, 0.1) is 17.2 Å². The van der Waals surface area contributed by atoms with Gasteiger partial charge in [0.15, 0.2) is 0 Å². The second-order valence-electron chi connectivity index (χ2n) is 6.36. The molecule has 0 aliphatic heterocycles. The molecule has 3 N–H and O–H groups in total. The third-order valence-electron chi connectivity index (χ3n) is 4.78. The minimum atomic E-state index is -1.55. The third kappa shape index (κ3) is 2.41. The van der Waals surface area contributed by atoms with Crippen molar-refractivity contribution >= 4 is 23.5 Å². The van der Waals surface area contributed by atoms with Crippen molar-refractivity contribution < 1.29 is 19.5 Å².